The van der Waals surface area contributed by atoms with Crippen LogP contribution in [-0.4, -0.2) is 24.6 Å². The van der Waals surface area contributed by atoms with Gasteiger partial charge < -0.3 is 10.6 Å². The maximum atomic E-state index is 12.5. The molecule has 4 aliphatic carbocycles. The first kappa shape index (κ1) is 19.2. The van der Waals surface area contributed by atoms with Crippen LogP contribution in [0.5, 0.6) is 0 Å². The molecule has 0 aliphatic heterocycles. The highest BCUT2D eigenvalue weighted by atomic mass is 16.6. The average molecular weight is 373 g/mol. The van der Waals surface area contributed by atoms with E-state index in [9.17, 15) is 4.79 Å². The zero-order valence-corrected chi connectivity index (χ0v) is 17.1. The van der Waals surface area contributed by atoms with Gasteiger partial charge in [0.1, 0.15) is 12.4 Å². The van der Waals surface area contributed by atoms with Crippen LogP contribution in [0, 0.1) is 28.6 Å². The van der Waals surface area contributed by atoms with Gasteiger partial charge in [0.25, 0.3) is 0 Å². The number of unbranched alkanes of at least 4 members (excludes halogenated alkanes) is 1. The van der Waals surface area contributed by atoms with Crippen molar-refractivity contribution in [2.75, 3.05) is 13.2 Å². The van der Waals surface area contributed by atoms with Crippen molar-refractivity contribution < 1.29 is 9.63 Å². The number of hydrogen-bond acceptors (Lipinski definition) is 4. The standard InChI is InChI=1S/C23H36N2O2/c1-22-11-9-17(25-27-14-4-3-13-24)15-16(22)5-6-18-19-7-8-21(26)23(19,2)12-10-20(18)22/h15,18-20H,3-14,24H2,1-2H3. The van der Waals surface area contributed by atoms with Crippen LogP contribution in [0.3, 0.4) is 0 Å². The van der Waals surface area contributed by atoms with E-state index >= 15 is 0 Å². The second kappa shape index (κ2) is 7.35. The predicted molar refractivity (Wildman–Crippen MR) is 108 cm³/mol. The maximum absolute atomic E-state index is 12.5. The molecule has 0 aromatic rings. The number of hydrogen-bond donors (Lipinski definition) is 1. The van der Waals surface area contributed by atoms with Crippen molar-refractivity contribution in [3.63, 3.8) is 0 Å². The molecular weight excluding hydrogens is 336 g/mol. The largest absolute Gasteiger partial charge is 0.396 e. The van der Waals surface area contributed by atoms with Crippen LogP contribution in [0.2, 0.25) is 0 Å². The fourth-order valence-electron chi connectivity index (χ4n) is 6.85. The first-order chi connectivity index (χ1) is 13.0. The summed E-state index contributed by atoms with van der Waals surface area (Å²) in [5.41, 5.74) is 8.51. The maximum Gasteiger partial charge on any atom is 0.139 e. The van der Waals surface area contributed by atoms with Crippen LogP contribution in [0.25, 0.3) is 0 Å². The van der Waals surface area contributed by atoms with Crippen molar-refractivity contribution in [1.82, 2.24) is 0 Å². The molecule has 0 saturated heterocycles. The van der Waals surface area contributed by atoms with Gasteiger partial charge in [-0.3, -0.25) is 4.79 Å². The van der Waals surface area contributed by atoms with Crippen molar-refractivity contribution in [3.8, 4) is 0 Å². The Morgan fingerprint density at radius 2 is 1.89 bits per heavy atom. The fraction of sp³-hybridized carbons (Fsp3) is 0.826. The van der Waals surface area contributed by atoms with E-state index in [2.05, 4.69) is 25.1 Å². The number of carbonyl (C=O) groups excluding carboxylic acids is 1. The fourth-order valence-corrected chi connectivity index (χ4v) is 6.85. The Bertz CT molecular complexity index is 655. The van der Waals surface area contributed by atoms with Crippen LogP contribution in [0.1, 0.15) is 78.1 Å². The van der Waals surface area contributed by atoms with Gasteiger partial charge in [0.15, 0.2) is 0 Å². The number of allylic oxidation sites excluding steroid dienone is 2. The molecule has 2 N–H and O–H groups in total. The smallest absolute Gasteiger partial charge is 0.139 e. The second-order valence-corrected chi connectivity index (χ2v) is 9.83. The summed E-state index contributed by atoms with van der Waals surface area (Å²) in [6.45, 7) is 6.15. The van der Waals surface area contributed by atoms with Gasteiger partial charge in [0, 0.05) is 11.8 Å². The third-order valence-electron chi connectivity index (χ3n) is 8.56. The van der Waals surface area contributed by atoms with Crippen LogP contribution >= 0.6 is 0 Å². The van der Waals surface area contributed by atoms with E-state index in [4.69, 9.17) is 10.6 Å². The van der Waals surface area contributed by atoms with Gasteiger partial charge in [0.05, 0.1) is 5.71 Å². The molecule has 0 amide bonds. The van der Waals surface area contributed by atoms with E-state index in [0.29, 0.717) is 23.7 Å². The molecule has 3 saturated carbocycles. The summed E-state index contributed by atoms with van der Waals surface area (Å²) in [5.74, 6) is 2.65. The Morgan fingerprint density at radius 3 is 2.70 bits per heavy atom. The van der Waals surface area contributed by atoms with E-state index in [1.165, 1.54) is 25.7 Å². The van der Waals surface area contributed by atoms with E-state index in [0.717, 1.165) is 62.6 Å². The van der Waals surface area contributed by atoms with Crippen molar-refractivity contribution in [2.45, 2.75) is 78.1 Å². The minimum absolute atomic E-state index is 0.0165. The molecular formula is C23H36N2O2. The molecule has 4 rings (SSSR count). The Labute approximate surface area is 164 Å². The van der Waals surface area contributed by atoms with Crippen molar-refractivity contribution in [3.05, 3.63) is 11.6 Å². The number of rotatable bonds is 5. The summed E-state index contributed by atoms with van der Waals surface area (Å²) in [4.78, 5) is 18.1. The Kier molecular flexibility index (Phi) is 5.22. The van der Waals surface area contributed by atoms with Gasteiger partial charge >= 0.3 is 0 Å². The van der Waals surface area contributed by atoms with Crippen LogP contribution < -0.4 is 5.73 Å². The summed E-state index contributed by atoms with van der Waals surface area (Å²) in [7, 11) is 0. The number of ketones is 1. The molecule has 0 bridgehead atoms. The molecule has 5 atom stereocenters. The summed E-state index contributed by atoms with van der Waals surface area (Å²) < 4.78 is 0. The number of nitrogens with zero attached hydrogens (tertiary/aromatic N) is 1. The third kappa shape index (κ3) is 3.18. The SMILES string of the molecule is CC12CCC3C(CCC4=CC(=NOCCCCN)CCC43C)C1CCC2=O. The zero-order chi connectivity index (χ0) is 19.1. The summed E-state index contributed by atoms with van der Waals surface area (Å²) in [5, 5.41) is 4.41. The number of fused-ring (bicyclic) bond motifs is 5. The molecule has 4 nitrogen and oxygen atoms in total. The number of carbonyl (C=O) groups is 1. The second-order valence-electron chi connectivity index (χ2n) is 9.83. The number of oxime groups is 1. The molecule has 5 unspecified atom stereocenters. The van der Waals surface area contributed by atoms with E-state index in [-0.39, 0.29) is 5.41 Å². The molecule has 27 heavy (non-hydrogen) atoms. The van der Waals surface area contributed by atoms with Crippen molar-refractivity contribution >= 4 is 11.5 Å². The first-order valence-electron chi connectivity index (χ1n) is 11.1. The third-order valence-corrected chi connectivity index (χ3v) is 8.56. The number of nitrogens with two attached hydrogens (primary N) is 1. The highest BCUT2D eigenvalue weighted by molar-refractivity contribution is 5.96. The minimum Gasteiger partial charge on any atom is -0.396 e. The Morgan fingerprint density at radius 1 is 1.07 bits per heavy atom. The normalized spacial score (nSPS) is 42.3. The van der Waals surface area contributed by atoms with Gasteiger partial charge in [-0.05, 0) is 93.6 Å². The molecule has 4 aliphatic rings. The number of Topliss-reactive ketones (excluding diaryl/α,β-unsaturated/α-hetero) is 1. The Balaban J connectivity index is 1.48. The van der Waals surface area contributed by atoms with Gasteiger partial charge in [0.2, 0.25) is 0 Å². The van der Waals surface area contributed by atoms with Gasteiger partial charge in [-0.15, -0.1) is 0 Å². The van der Waals surface area contributed by atoms with Gasteiger partial charge in [-0.25, -0.2) is 0 Å². The van der Waals surface area contributed by atoms with Gasteiger partial charge in [-0.1, -0.05) is 24.6 Å². The van der Waals surface area contributed by atoms with Crippen LogP contribution in [-0.2, 0) is 9.63 Å². The van der Waals surface area contributed by atoms with Crippen molar-refractivity contribution in [2.24, 2.45) is 39.5 Å². The summed E-state index contributed by atoms with van der Waals surface area (Å²) in [6.07, 6.45) is 13.2. The molecule has 0 spiro atoms. The van der Waals surface area contributed by atoms with E-state index in [1.807, 2.05) is 0 Å². The van der Waals surface area contributed by atoms with Gasteiger partial charge in [-0.2, -0.15) is 0 Å². The highest BCUT2D eigenvalue weighted by Gasteiger charge is 2.58. The predicted octanol–water partition coefficient (Wildman–Crippen LogP) is 4.63. The summed E-state index contributed by atoms with van der Waals surface area (Å²) >= 11 is 0. The Hall–Kier alpha value is -1.16. The molecule has 150 valence electrons. The van der Waals surface area contributed by atoms with E-state index < -0.39 is 0 Å². The topological polar surface area (TPSA) is 64.7 Å². The molecule has 4 heteroatoms. The lowest BCUT2D eigenvalue weighted by atomic mass is 9.47. The monoisotopic (exact) mass is 372 g/mol. The van der Waals surface area contributed by atoms with Crippen LogP contribution in [0.15, 0.2) is 16.8 Å². The molecule has 0 radical (unpaired) electrons. The zero-order valence-electron chi connectivity index (χ0n) is 17.1. The molecule has 0 aromatic carbocycles. The molecule has 0 heterocycles. The van der Waals surface area contributed by atoms with Crippen molar-refractivity contribution in [1.29, 1.82) is 0 Å². The lowest BCUT2D eigenvalue weighted by Gasteiger charge is -2.57. The first-order valence-corrected chi connectivity index (χ1v) is 11.1. The minimum atomic E-state index is -0.0165. The highest BCUT2D eigenvalue weighted by Crippen LogP contribution is 2.64. The lowest BCUT2D eigenvalue weighted by Crippen LogP contribution is -2.50. The average Bonchev–Trinajstić information content (AvgIpc) is 2.97. The molecule has 0 aromatic heterocycles. The quantitative estimate of drug-likeness (QED) is 0.565. The lowest BCUT2D eigenvalue weighted by molar-refractivity contribution is -0.132. The summed E-state index contributed by atoms with van der Waals surface area (Å²) in [6, 6.07) is 0. The molecule has 3 fully saturated rings. The van der Waals surface area contributed by atoms with Crippen LogP contribution in [0.4, 0.5) is 0 Å². The van der Waals surface area contributed by atoms with E-state index in [1.54, 1.807) is 5.57 Å².